The van der Waals surface area contributed by atoms with Crippen LogP contribution < -0.4 is 5.73 Å². The van der Waals surface area contributed by atoms with E-state index >= 15 is 0 Å². The van der Waals surface area contributed by atoms with E-state index in [0.29, 0.717) is 24.2 Å². The summed E-state index contributed by atoms with van der Waals surface area (Å²) in [7, 11) is 0. The smallest absolute Gasteiger partial charge is 0.243 e. The van der Waals surface area contributed by atoms with Crippen molar-refractivity contribution >= 4 is 0 Å². The molecule has 102 valence electrons. The lowest BCUT2D eigenvalue weighted by Crippen LogP contribution is -2.20. The van der Waals surface area contributed by atoms with Crippen LogP contribution in [0.25, 0.3) is 0 Å². The van der Waals surface area contributed by atoms with Gasteiger partial charge in [0.2, 0.25) is 11.7 Å². The van der Waals surface area contributed by atoms with Crippen molar-refractivity contribution < 1.29 is 9.26 Å². The van der Waals surface area contributed by atoms with Gasteiger partial charge in [-0.2, -0.15) is 4.98 Å². The summed E-state index contributed by atoms with van der Waals surface area (Å²) >= 11 is 0. The van der Waals surface area contributed by atoms with Crippen molar-refractivity contribution in [2.24, 2.45) is 11.7 Å². The lowest BCUT2D eigenvalue weighted by atomic mass is 9.85. The monoisotopic (exact) mass is 253 g/mol. The lowest BCUT2D eigenvalue weighted by molar-refractivity contribution is -0.00145. The Morgan fingerprint density at radius 1 is 1.39 bits per heavy atom. The first kappa shape index (κ1) is 13.5. The second kappa shape index (κ2) is 6.29. The van der Waals surface area contributed by atoms with Crippen molar-refractivity contribution in [3.8, 4) is 0 Å². The van der Waals surface area contributed by atoms with Crippen LogP contribution in [-0.4, -0.2) is 16.7 Å². The Hall–Kier alpha value is -0.940. The molecule has 0 amide bonds. The Bertz CT molecular complexity index is 359. The van der Waals surface area contributed by atoms with Crippen molar-refractivity contribution in [2.45, 2.75) is 58.1 Å². The second-order valence-electron chi connectivity index (χ2n) is 5.05. The molecule has 0 bridgehead atoms. The van der Waals surface area contributed by atoms with Crippen LogP contribution in [0.4, 0.5) is 0 Å². The minimum atomic E-state index is -0.222. The van der Waals surface area contributed by atoms with Gasteiger partial charge < -0.3 is 15.0 Å². The van der Waals surface area contributed by atoms with Crippen LogP contribution in [0.5, 0.6) is 0 Å². The molecule has 5 nitrogen and oxygen atoms in total. The molecule has 0 saturated heterocycles. The second-order valence-corrected chi connectivity index (χ2v) is 5.05. The fourth-order valence-corrected chi connectivity index (χ4v) is 2.59. The largest absolute Gasteiger partial charge is 0.370 e. The lowest BCUT2D eigenvalue weighted by Gasteiger charge is -2.27. The van der Waals surface area contributed by atoms with Crippen LogP contribution in [0, 0.1) is 5.92 Å². The van der Waals surface area contributed by atoms with E-state index in [9.17, 15) is 0 Å². The van der Waals surface area contributed by atoms with Gasteiger partial charge in [-0.15, -0.1) is 0 Å². The van der Waals surface area contributed by atoms with Crippen molar-refractivity contribution in [3.05, 3.63) is 11.7 Å². The average molecular weight is 253 g/mol. The number of ether oxygens (including phenoxy) is 1. The topological polar surface area (TPSA) is 74.2 Å². The third-order valence-electron chi connectivity index (χ3n) is 3.53. The Labute approximate surface area is 108 Å². The van der Waals surface area contributed by atoms with Gasteiger partial charge in [0.25, 0.3) is 0 Å². The maximum absolute atomic E-state index is 5.83. The molecule has 2 atom stereocenters. The number of nitrogens with zero attached hydrogens (tertiary/aromatic N) is 2. The molecule has 1 aliphatic carbocycles. The molecule has 1 aliphatic rings. The summed E-state index contributed by atoms with van der Waals surface area (Å²) in [6.07, 6.45) is 6.21. The van der Waals surface area contributed by atoms with E-state index in [1.54, 1.807) is 0 Å². The Kier molecular flexibility index (Phi) is 4.72. The van der Waals surface area contributed by atoms with Gasteiger partial charge in [-0.05, 0) is 32.6 Å². The van der Waals surface area contributed by atoms with E-state index in [4.69, 9.17) is 15.0 Å². The Morgan fingerprint density at radius 2 is 2.11 bits per heavy atom. The van der Waals surface area contributed by atoms with Gasteiger partial charge in [0.15, 0.2) is 0 Å². The van der Waals surface area contributed by atoms with Crippen LogP contribution in [0.15, 0.2) is 4.52 Å². The van der Waals surface area contributed by atoms with Gasteiger partial charge in [-0.1, -0.05) is 24.4 Å². The summed E-state index contributed by atoms with van der Waals surface area (Å²) in [5.41, 5.74) is 5.74. The zero-order valence-corrected chi connectivity index (χ0v) is 11.3. The third kappa shape index (κ3) is 3.09. The van der Waals surface area contributed by atoms with Crippen molar-refractivity contribution in [3.63, 3.8) is 0 Å². The quantitative estimate of drug-likeness (QED) is 0.873. The highest BCUT2D eigenvalue weighted by atomic mass is 16.5. The summed E-state index contributed by atoms with van der Waals surface area (Å²) in [6.45, 7) is 4.51. The van der Waals surface area contributed by atoms with E-state index in [-0.39, 0.29) is 12.1 Å². The van der Waals surface area contributed by atoms with E-state index < -0.39 is 0 Å². The molecule has 1 heterocycles. The van der Waals surface area contributed by atoms with Gasteiger partial charge in [0.1, 0.15) is 6.10 Å². The Morgan fingerprint density at radius 3 is 2.67 bits per heavy atom. The highest BCUT2D eigenvalue weighted by molar-refractivity contribution is 4.97. The molecule has 1 fully saturated rings. The highest BCUT2D eigenvalue weighted by Crippen LogP contribution is 2.35. The predicted molar refractivity (Wildman–Crippen MR) is 67.8 cm³/mol. The average Bonchev–Trinajstić information content (AvgIpc) is 2.86. The van der Waals surface area contributed by atoms with E-state index in [1.165, 1.54) is 32.1 Å². The minimum absolute atomic E-state index is 0.0356. The summed E-state index contributed by atoms with van der Waals surface area (Å²) in [5.74, 6) is 1.67. The molecule has 0 spiro atoms. The number of hydrogen-bond donors (Lipinski definition) is 1. The van der Waals surface area contributed by atoms with Gasteiger partial charge in [-0.3, -0.25) is 0 Å². The number of rotatable bonds is 5. The minimum Gasteiger partial charge on any atom is -0.370 e. The van der Waals surface area contributed by atoms with Crippen LogP contribution in [-0.2, 0) is 4.74 Å². The third-order valence-corrected chi connectivity index (χ3v) is 3.53. The van der Waals surface area contributed by atoms with E-state index in [1.807, 2.05) is 13.8 Å². The van der Waals surface area contributed by atoms with Crippen LogP contribution in [0.2, 0.25) is 0 Å². The molecule has 0 aliphatic heterocycles. The van der Waals surface area contributed by atoms with Gasteiger partial charge in [0.05, 0.1) is 6.04 Å². The van der Waals surface area contributed by atoms with E-state index in [2.05, 4.69) is 10.1 Å². The molecule has 0 radical (unpaired) electrons. The highest BCUT2D eigenvalue weighted by Gasteiger charge is 2.29. The number of aromatic nitrogens is 2. The normalized spacial score (nSPS) is 20.8. The summed E-state index contributed by atoms with van der Waals surface area (Å²) in [4.78, 5) is 4.38. The summed E-state index contributed by atoms with van der Waals surface area (Å²) in [5, 5.41) is 4.04. The van der Waals surface area contributed by atoms with Crippen LogP contribution in [0.3, 0.4) is 0 Å². The van der Waals surface area contributed by atoms with Crippen molar-refractivity contribution in [2.75, 3.05) is 6.61 Å². The van der Waals surface area contributed by atoms with Crippen molar-refractivity contribution in [1.29, 1.82) is 0 Å². The fourth-order valence-electron chi connectivity index (χ4n) is 2.59. The van der Waals surface area contributed by atoms with Gasteiger partial charge in [-0.25, -0.2) is 0 Å². The first-order chi connectivity index (χ1) is 8.72. The number of hydrogen-bond acceptors (Lipinski definition) is 5. The summed E-state index contributed by atoms with van der Waals surface area (Å²) in [6, 6.07) is -0.222. The van der Waals surface area contributed by atoms with E-state index in [0.717, 1.165) is 0 Å². The first-order valence-corrected chi connectivity index (χ1v) is 6.93. The molecule has 5 heteroatoms. The molecule has 0 aromatic carbocycles. The zero-order valence-electron chi connectivity index (χ0n) is 11.3. The first-order valence-electron chi connectivity index (χ1n) is 6.93. The molecule has 1 aromatic rings. The zero-order chi connectivity index (χ0) is 13.0. The molecule has 1 saturated carbocycles. The maximum Gasteiger partial charge on any atom is 0.243 e. The fraction of sp³-hybridized carbons (Fsp3) is 0.846. The Balaban J connectivity index is 2.11. The van der Waals surface area contributed by atoms with Crippen LogP contribution in [0.1, 0.15) is 69.8 Å². The van der Waals surface area contributed by atoms with Gasteiger partial charge >= 0.3 is 0 Å². The van der Waals surface area contributed by atoms with Gasteiger partial charge in [0, 0.05) is 6.61 Å². The molecule has 18 heavy (non-hydrogen) atoms. The molecular weight excluding hydrogens is 230 g/mol. The molecule has 1 aromatic heterocycles. The molecular formula is C13H23N3O2. The molecule has 2 N–H and O–H groups in total. The maximum atomic E-state index is 5.83. The van der Waals surface area contributed by atoms with Crippen LogP contribution >= 0.6 is 0 Å². The molecule has 2 rings (SSSR count). The molecule has 1 unspecified atom stereocenters. The SMILES string of the molecule is CCOC(c1noc([C@H](C)N)n1)C1CCCCC1. The summed E-state index contributed by atoms with van der Waals surface area (Å²) < 4.78 is 11.0. The number of nitrogens with two attached hydrogens (primary N) is 1. The predicted octanol–water partition coefficient (Wildman–Crippen LogP) is 2.75. The van der Waals surface area contributed by atoms with Crippen molar-refractivity contribution in [1.82, 2.24) is 10.1 Å². The standard InChI is InChI=1S/C13H23N3O2/c1-3-17-11(10-7-5-4-6-8-10)12-15-13(9(2)14)18-16-12/h9-11H,3-8,14H2,1-2H3/t9-,11?/m0/s1.